The van der Waals surface area contributed by atoms with Crippen LogP contribution in [0.3, 0.4) is 0 Å². The first-order valence-electron chi connectivity index (χ1n) is 6.16. The van der Waals surface area contributed by atoms with Crippen molar-refractivity contribution in [1.29, 1.82) is 0 Å². The molecule has 0 bridgehead atoms. The number of nitrogens with two attached hydrogens (primary N) is 1. The lowest BCUT2D eigenvalue weighted by molar-refractivity contribution is -0.120. The van der Waals surface area contributed by atoms with Crippen LogP contribution in [0.25, 0.3) is 0 Å². The van der Waals surface area contributed by atoms with Crippen LogP contribution < -0.4 is 16.0 Å². The highest BCUT2D eigenvalue weighted by molar-refractivity contribution is 5.76. The van der Waals surface area contributed by atoms with Gasteiger partial charge in [-0.3, -0.25) is 4.79 Å². The molecule has 0 aliphatic heterocycles. The van der Waals surface area contributed by atoms with Gasteiger partial charge in [-0.05, 0) is 12.8 Å². The molecule has 0 saturated heterocycles. The molecular weight excluding hydrogens is 230 g/mol. The maximum Gasteiger partial charge on any atom is 0.221 e. The molecular formula is C12H19N5O. The molecule has 98 valence electrons. The number of aromatic nitrogens is 2. The third-order valence-electron chi connectivity index (χ3n) is 3.04. The maximum atomic E-state index is 11.2. The van der Waals surface area contributed by atoms with Gasteiger partial charge in [0, 0.05) is 39.0 Å². The lowest BCUT2D eigenvalue weighted by Gasteiger charge is -2.18. The molecule has 6 nitrogen and oxygen atoms in total. The first-order chi connectivity index (χ1) is 8.60. The van der Waals surface area contributed by atoms with Gasteiger partial charge in [-0.1, -0.05) is 0 Å². The van der Waals surface area contributed by atoms with Crippen LogP contribution in [0.4, 0.5) is 11.6 Å². The highest BCUT2D eigenvalue weighted by Gasteiger charge is 2.27. The smallest absolute Gasteiger partial charge is 0.221 e. The lowest BCUT2D eigenvalue weighted by Crippen LogP contribution is -2.27. The molecule has 6 heteroatoms. The summed E-state index contributed by atoms with van der Waals surface area (Å²) in [6.07, 6.45) is 2.73. The van der Waals surface area contributed by atoms with E-state index in [2.05, 4.69) is 15.3 Å². The second kappa shape index (κ2) is 5.20. The van der Waals surface area contributed by atoms with E-state index in [1.807, 2.05) is 11.9 Å². The van der Waals surface area contributed by atoms with Gasteiger partial charge in [-0.15, -0.1) is 0 Å². The van der Waals surface area contributed by atoms with Crippen molar-refractivity contribution < 1.29 is 4.79 Å². The Balaban J connectivity index is 2.04. The van der Waals surface area contributed by atoms with Gasteiger partial charge in [0.05, 0.1) is 0 Å². The van der Waals surface area contributed by atoms with Crippen LogP contribution in [0.1, 0.15) is 31.0 Å². The van der Waals surface area contributed by atoms with Crippen LogP contribution in [-0.4, -0.2) is 36.5 Å². The normalized spacial score (nSPS) is 14.3. The van der Waals surface area contributed by atoms with Crippen LogP contribution in [0.2, 0.25) is 0 Å². The quantitative estimate of drug-likeness (QED) is 0.794. The summed E-state index contributed by atoms with van der Waals surface area (Å²) >= 11 is 0. The van der Waals surface area contributed by atoms with Gasteiger partial charge in [-0.25, -0.2) is 9.97 Å². The van der Waals surface area contributed by atoms with E-state index in [4.69, 9.17) is 5.73 Å². The number of nitrogens with one attached hydrogen (secondary N) is 1. The fraction of sp³-hybridized carbons (Fsp3) is 0.583. The fourth-order valence-electron chi connectivity index (χ4n) is 1.70. The number of amides is 1. The number of carbonyl (C=O) groups excluding carboxylic acids is 1. The number of anilines is 2. The second-order valence-corrected chi connectivity index (χ2v) is 4.63. The predicted octanol–water partition coefficient (Wildman–Crippen LogP) is 0.508. The van der Waals surface area contributed by atoms with E-state index in [1.165, 1.54) is 0 Å². The second-order valence-electron chi connectivity index (χ2n) is 4.63. The molecule has 2 rings (SSSR count). The molecule has 1 aliphatic carbocycles. The largest absolute Gasteiger partial charge is 0.384 e. The van der Waals surface area contributed by atoms with Gasteiger partial charge in [-0.2, -0.15) is 0 Å². The molecule has 1 heterocycles. The molecule has 3 N–H and O–H groups in total. The minimum absolute atomic E-state index is 0.0197. The summed E-state index contributed by atoms with van der Waals surface area (Å²) in [5, 5.41) is 2.60. The maximum absolute atomic E-state index is 11.2. The number of hydrogen-bond acceptors (Lipinski definition) is 5. The van der Waals surface area contributed by atoms with E-state index in [9.17, 15) is 4.79 Å². The summed E-state index contributed by atoms with van der Waals surface area (Å²) in [5.74, 6) is 2.60. The Bertz CT molecular complexity index is 444. The minimum atomic E-state index is 0.0197. The fourth-order valence-corrected chi connectivity index (χ4v) is 1.70. The molecule has 1 aromatic rings. The molecule has 1 fully saturated rings. The first-order valence-corrected chi connectivity index (χ1v) is 6.16. The van der Waals surface area contributed by atoms with Crippen LogP contribution in [0, 0.1) is 0 Å². The van der Waals surface area contributed by atoms with Gasteiger partial charge < -0.3 is 16.0 Å². The Labute approximate surface area is 107 Å². The van der Waals surface area contributed by atoms with E-state index in [-0.39, 0.29) is 5.91 Å². The van der Waals surface area contributed by atoms with Crippen molar-refractivity contribution in [2.75, 3.05) is 31.3 Å². The van der Waals surface area contributed by atoms with Crippen molar-refractivity contribution in [2.45, 2.75) is 25.2 Å². The van der Waals surface area contributed by atoms with Crippen LogP contribution >= 0.6 is 0 Å². The van der Waals surface area contributed by atoms with E-state index in [0.29, 0.717) is 24.7 Å². The van der Waals surface area contributed by atoms with Gasteiger partial charge in [0.1, 0.15) is 17.5 Å². The molecule has 0 unspecified atom stereocenters. The summed E-state index contributed by atoms with van der Waals surface area (Å²) in [7, 11) is 3.54. The third kappa shape index (κ3) is 3.09. The predicted molar refractivity (Wildman–Crippen MR) is 70.4 cm³/mol. The topological polar surface area (TPSA) is 84.1 Å². The number of hydrogen-bond donors (Lipinski definition) is 2. The van der Waals surface area contributed by atoms with Crippen molar-refractivity contribution in [3.8, 4) is 0 Å². The number of carbonyl (C=O) groups is 1. The average Bonchev–Trinajstić information content (AvgIpc) is 3.18. The highest BCUT2D eigenvalue weighted by atomic mass is 16.1. The molecule has 0 aromatic carbocycles. The van der Waals surface area contributed by atoms with Gasteiger partial charge in [0.15, 0.2) is 0 Å². The Morgan fingerprint density at radius 3 is 2.89 bits per heavy atom. The third-order valence-corrected chi connectivity index (χ3v) is 3.04. The molecule has 0 atom stereocenters. The minimum Gasteiger partial charge on any atom is -0.384 e. The number of nitrogen functional groups attached to an aromatic ring is 1. The summed E-state index contributed by atoms with van der Waals surface area (Å²) in [4.78, 5) is 21.9. The average molecular weight is 249 g/mol. The Kier molecular flexibility index (Phi) is 3.64. The summed E-state index contributed by atoms with van der Waals surface area (Å²) in [6, 6.07) is 1.75. The van der Waals surface area contributed by atoms with Crippen molar-refractivity contribution in [2.24, 2.45) is 0 Å². The Hall–Kier alpha value is -1.85. The number of nitrogens with zero attached hydrogens (tertiary/aromatic N) is 3. The number of rotatable bonds is 5. The lowest BCUT2D eigenvalue weighted by atomic mass is 10.3. The Morgan fingerprint density at radius 1 is 1.56 bits per heavy atom. The molecule has 1 amide bonds. The standard InChI is InChI=1S/C12H19N5O/c1-14-11(18)5-6-17(2)10-7-9(13)15-12(16-10)8-3-4-8/h7-8H,3-6H2,1-2H3,(H,14,18)(H2,13,15,16). The molecule has 1 saturated carbocycles. The molecule has 0 radical (unpaired) electrons. The zero-order valence-electron chi connectivity index (χ0n) is 10.8. The van der Waals surface area contributed by atoms with Crippen molar-refractivity contribution in [3.63, 3.8) is 0 Å². The van der Waals surface area contributed by atoms with Gasteiger partial charge in [0.2, 0.25) is 5.91 Å². The van der Waals surface area contributed by atoms with Crippen molar-refractivity contribution in [3.05, 3.63) is 11.9 Å². The SMILES string of the molecule is CNC(=O)CCN(C)c1cc(N)nc(C2CC2)n1. The highest BCUT2D eigenvalue weighted by Crippen LogP contribution is 2.38. The van der Waals surface area contributed by atoms with E-state index in [1.54, 1.807) is 13.1 Å². The van der Waals surface area contributed by atoms with Crippen molar-refractivity contribution >= 4 is 17.5 Å². The summed E-state index contributed by atoms with van der Waals surface area (Å²) in [5.41, 5.74) is 5.79. The van der Waals surface area contributed by atoms with Crippen LogP contribution in [0.15, 0.2) is 6.07 Å². The summed E-state index contributed by atoms with van der Waals surface area (Å²) < 4.78 is 0. The van der Waals surface area contributed by atoms with Crippen LogP contribution in [-0.2, 0) is 4.79 Å². The molecule has 1 aromatic heterocycles. The van der Waals surface area contributed by atoms with E-state index < -0.39 is 0 Å². The summed E-state index contributed by atoms with van der Waals surface area (Å²) in [6.45, 7) is 0.611. The van der Waals surface area contributed by atoms with Crippen molar-refractivity contribution in [1.82, 2.24) is 15.3 Å². The van der Waals surface area contributed by atoms with Gasteiger partial charge >= 0.3 is 0 Å². The zero-order valence-corrected chi connectivity index (χ0v) is 10.8. The monoisotopic (exact) mass is 249 g/mol. The zero-order chi connectivity index (χ0) is 13.1. The van der Waals surface area contributed by atoms with Crippen LogP contribution in [0.5, 0.6) is 0 Å². The van der Waals surface area contributed by atoms with Gasteiger partial charge in [0.25, 0.3) is 0 Å². The van der Waals surface area contributed by atoms with E-state index >= 15 is 0 Å². The van der Waals surface area contributed by atoms with E-state index in [0.717, 1.165) is 24.5 Å². The molecule has 18 heavy (non-hydrogen) atoms. The molecule has 1 aliphatic rings. The molecule has 0 spiro atoms. The Morgan fingerprint density at radius 2 is 2.28 bits per heavy atom. The first kappa shape index (κ1) is 12.6.